The summed E-state index contributed by atoms with van der Waals surface area (Å²) < 4.78 is 10.9. The van der Waals surface area contributed by atoms with Gasteiger partial charge < -0.3 is 9.47 Å². The van der Waals surface area contributed by atoms with Gasteiger partial charge in [-0.25, -0.2) is 0 Å². The number of rotatable bonds is 6. The Hall–Kier alpha value is -1.95. The summed E-state index contributed by atoms with van der Waals surface area (Å²) in [5.41, 5.74) is 5.05. The Morgan fingerprint density at radius 1 is 1.30 bits per heavy atom. The highest BCUT2D eigenvalue weighted by atomic mass is 35.5. The number of carbonyl (C=O) groups excluding carboxylic acids is 2. The predicted molar refractivity (Wildman–Crippen MR) is 86.7 cm³/mol. The Morgan fingerprint density at radius 2 is 2.00 bits per heavy atom. The molecular weight excluding hydrogens is 320 g/mol. The van der Waals surface area contributed by atoms with E-state index in [1.54, 1.807) is 0 Å². The van der Waals surface area contributed by atoms with Crippen molar-refractivity contribution in [1.29, 1.82) is 0 Å². The van der Waals surface area contributed by atoms with Crippen LogP contribution in [0.3, 0.4) is 0 Å². The SMILES string of the molecule is COc1cc(C(=O)NNC(=O)C2CC2)cc(Cl)c1OCC(C)C. The van der Waals surface area contributed by atoms with Crippen molar-refractivity contribution < 1.29 is 19.1 Å². The molecule has 2 rings (SSSR count). The Bertz CT molecular complexity index is 600. The molecule has 1 aromatic rings. The molecule has 2 amide bonds. The molecule has 0 spiro atoms. The number of methoxy groups -OCH3 is 1. The zero-order valence-electron chi connectivity index (χ0n) is 13.4. The summed E-state index contributed by atoms with van der Waals surface area (Å²) in [7, 11) is 1.48. The maximum atomic E-state index is 12.1. The Morgan fingerprint density at radius 3 is 2.57 bits per heavy atom. The molecule has 7 heteroatoms. The molecule has 0 unspecified atom stereocenters. The first kappa shape index (κ1) is 17.4. The summed E-state index contributed by atoms with van der Waals surface area (Å²) in [5.74, 6) is 0.484. The molecule has 0 aliphatic heterocycles. The summed E-state index contributed by atoms with van der Waals surface area (Å²) in [5, 5.41) is 0.281. The van der Waals surface area contributed by atoms with E-state index in [2.05, 4.69) is 10.9 Å². The third kappa shape index (κ3) is 4.76. The fourth-order valence-electron chi connectivity index (χ4n) is 1.88. The first-order valence-corrected chi connectivity index (χ1v) is 7.90. The molecule has 0 atom stereocenters. The normalized spacial score (nSPS) is 13.6. The van der Waals surface area contributed by atoms with Crippen LogP contribution in [-0.4, -0.2) is 25.5 Å². The number of halogens is 1. The van der Waals surface area contributed by atoms with E-state index in [0.717, 1.165) is 12.8 Å². The number of ether oxygens (including phenoxy) is 2. The number of hydrogen-bond donors (Lipinski definition) is 2. The number of hydrazine groups is 1. The number of carbonyl (C=O) groups is 2. The molecule has 1 aliphatic rings. The summed E-state index contributed by atoms with van der Waals surface area (Å²) >= 11 is 6.19. The number of nitrogens with one attached hydrogen (secondary N) is 2. The largest absolute Gasteiger partial charge is 0.493 e. The minimum absolute atomic E-state index is 0.0141. The van der Waals surface area contributed by atoms with Crippen molar-refractivity contribution in [1.82, 2.24) is 10.9 Å². The van der Waals surface area contributed by atoms with E-state index in [1.807, 2.05) is 13.8 Å². The molecule has 23 heavy (non-hydrogen) atoms. The summed E-state index contributed by atoms with van der Waals surface area (Å²) in [6.07, 6.45) is 1.73. The van der Waals surface area contributed by atoms with Crippen LogP contribution in [0.5, 0.6) is 11.5 Å². The van der Waals surface area contributed by atoms with E-state index in [1.165, 1.54) is 19.2 Å². The molecule has 0 bridgehead atoms. The van der Waals surface area contributed by atoms with Crippen molar-refractivity contribution in [3.05, 3.63) is 22.7 Å². The number of amides is 2. The van der Waals surface area contributed by atoms with Gasteiger partial charge in [0.05, 0.1) is 18.7 Å². The van der Waals surface area contributed by atoms with Gasteiger partial charge in [0, 0.05) is 11.5 Å². The van der Waals surface area contributed by atoms with Crippen LogP contribution in [0.15, 0.2) is 12.1 Å². The predicted octanol–water partition coefficient (Wildman–Crippen LogP) is 2.55. The maximum Gasteiger partial charge on any atom is 0.269 e. The van der Waals surface area contributed by atoms with Crippen molar-refractivity contribution in [2.45, 2.75) is 26.7 Å². The van der Waals surface area contributed by atoms with Gasteiger partial charge in [-0.2, -0.15) is 0 Å². The van der Waals surface area contributed by atoms with E-state index < -0.39 is 5.91 Å². The van der Waals surface area contributed by atoms with Crippen LogP contribution in [0.25, 0.3) is 0 Å². The highest BCUT2D eigenvalue weighted by Crippen LogP contribution is 2.36. The van der Waals surface area contributed by atoms with Crippen LogP contribution in [0.2, 0.25) is 5.02 Å². The molecule has 2 N–H and O–H groups in total. The molecular formula is C16H21ClN2O4. The Balaban J connectivity index is 2.07. The average molecular weight is 341 g/mol. The van der Waals surface area contributed by atoms with Gasteiger partial charge >= 0.3 is 0 Å². The lowest BCUT2D eigenvalue weighted by molar-refractivity contribution is -0.123. The molecule has 1 saturated carbocycles. The van der Waals surface area contributed by atoms with Crippen LogP contribution < -0.4 is 20.3 Å². The second-order valence-electron chi connectivity index (χ2n) is 5.91. The van der Waals surface area contributed by atoms with Crippen molar-refractivity contribution in [2.75, 3.05) is 13.7 Å². The second-order valence-corrected chi connectivity index (χ2v) is 6.32. The van der Waals surface area contributed by atoms with Crippen LogP contribution >= 0.6 is 11.6 Å². The van der Waals surface area contributed by atoms with Crippen LogP contribution in [0, 0.1) is 11.8 Å². The first-order valence-electron chi connectivity index (χ1n) is 7.53. The Labute approximate surface area is 140 Å². The fraction of sp³-hybridized carbons (Fsp3) is 0.500. The van der Waals surface area contributed by atoms with Crippen molar-refractivity contribution in [2.24, 2.45) is 11.8 Å². The van der Waals surface area contributed by atoms with Crippen LogP contribution in [0.4, 0.5) is 0 Å². The minimum atomic E-state index is -0.463. The third-order valence-electron chi connectivity index (χ3n) is 3.30. The lowest BCUT2D eigenvalue weighted by atomic mass is 10.2. The summed E-state index contributed by atoms with van der Waals surface area (Å²) in [6, 6.07) is 3.01. The lowest BCUT2D eigenvalue weighted by Crippen LogP contribution is -2.42. The van der Waals surface area contributed by atoms with Crippen LogP contribution in [0.1, 0.15) is 37.0 Å². The van der Waals surface area contributed by atoms with Crippen molar-refractivity contribution in [3.63, 3.8) is 0 Å². The van der Waals surface area contributed by atoms with Gasteiger partial charge in [0.2, 0.25) is 5.91 Å². The van der Waals surface area contributed by atoms with Gasteiger partial charge in [0.1, 0.15) is 0 Å². The van der Waals surface area contributed by atoms with E-state index in [0.29, 0.717) is 24.0 Å². The third-order valence-corrected chi connectivity index (χ3v) is 3.58. The molecule has 1 aliphatic carbocycles. The zero-order valence-corrected chi connectivity index (χ0v) is 14.2. The van der Waals surface area contributed by atoms with Gasteiger partial charge in [0.25, 0.3) is 5.91 Å². The molecule has 126 valence electrons. The van der Waals surface area contributed by atoms with Crippen LogP contribution in [-0.2, 0) is 4.79 Å². The zero-order chi connectivity index (χ0) is 17.0. The first-order chi connectivity index (χ1) is 10.9. The molecule has 0 heterocycles. The van der Waals surface area contributed by atoms with E-state index >= 15 is 0 Å². The summed E-state index contributed by atoms with van der Waals surface area (Å²) in [4.78, 5) is 23.6. The van der Waals surface area contributed by atoms with Crippen molar-refractivity contribution in [3.8, 4) is 11.5 Å². The maximum absolute atomic E-state index is 12.1. The van der Waals surface area contributed by atoms with Gasteiger partial charge in [-0.1, -0.05) is 25.4 Å². The van der Waals surface area contributed by atoms with Gasteiger partial charge in [-0.15, -0.1) is 0 Å². The molecule has 0 saturated heterocycles. The lowest BCUT2D eigenvalue weighted by Gasteiger charge is -2.15. The average Bonchev–Trinajstić information content (AvgIpc) is 3.34. The van der Waals surface area contributed by atoms with Gasteiger partial charge in [-0.05, 0) is 30.9 Å². The standard InChI is InChI=1S/C16H21ClN2O4/c1-9(2)8-23-14-12(17)6-11(7-13(14)22-3)16(21)19-18-15(20)10-4-5-10/h6-7,9-10H,4-5,8H2,1-3H3,(H,18,20)(H,19,21). The number of benzene rings is 1. The number of hydrogen-bond acceptors (Lipinski definition) is 4. The van der Waals surface area contributed by atoms with Crippen molar-refractivity contribution >= 4 is 23.4 Å². The van der Waals surface area contributed by atoms with E-state index in [4.69, 9.17) is 21.1 Å². The van der Waals surface area contributed by atoms with E-state index in [9.17, 15) is 9.59 Å². The quantitative estimate of drug-likeness (QED) is 0.780. The second kappa shape index (κ2) is 7.55. The topological polar surface area (TPSA) is 76.7 Å². The monoisotopic (exact) mass is 340 g/mol. The Kier molecular flexibility index (Phi) is 5.71. The van der Waals surface area contributed by atoms with E-state index in [-0.39, 0.29) is 22.4 Å². The molecule has 1 aromatic carbocycles. The van der Waals surface area contributed by atoms with Gasteiger partial charge in [-0.3, -0.25) is 20.4 Å². The minimum Gasteiger partial charge on any atom is -0.493 e. The highest BCUT2D eigenvalue weighted by Gasteiger charge is 2.29. The highest BCUT2D eigenvalue weighted by molar-refractivity contribution is 6.32. The molecule has 0 aromatic heterocycles. The smallest absolute Gasteiger partial charge is 0.269 e. The molecule has 0 radical (unpaired) electrons. The van der Waals surface area contributed by atoms with Gasteiger partial charge in [0.15, 0.2) is 11.5 Å². The molecule has 1 fully saturated rings. The summed E-state index contributed by atoms with van der Waals surface area (Å²) in [6.45, 7) is 4.52. The fourth-order valence-corrected chi connectivity index (χ4v) is 2.14. The molecule has 6 nitrogen and oxygen atoms in total.